The molecule has 1 unspecified atom stereocenters. The fourth-order valence-electron chi connectivity index (χ4n) is 1.91. The Morgan fingerprint density at radius 1 is 1.44 bits per heavy atom. The summed E-state index contributed by atoms with van der Waals surface area (Å²) >= 11 is 1.60. The fraction of sp³-hybridized carbons (Fsp3) is 0.273. The van der Waals surface area contributed by atoms with Crippen LogP contribution in [-0.2, 0) is 11.3 Å². The summed E-state index contributed by atoms with van der Waals surface area (Å²) < 4.78 is 0. The highest BCUT2D eigenvalue weighted by Crippen LogP contribution is 2.28. The smallest absolute Gasteiger partial charge is 0.323 e. The van der Waals surface area contributed by atoms with Gasteiger partial charge in [0.2, 0.25) is 0 Å². The van der Waals surface area contributed by atoms with Crippen molar-refractivity contribution in [3.05, 3.63) is 29.8 Å². The Balaban J connectivity index is 0.000000963. The van der Waals surface area contributed by atoms with Gasteiger partial charge < -0.3 is 17.0 Å². The molecule has 5 heteroatoms. The molecule has 1 amide bonds. The van der Waals surface area contributed by atoms with Crippen molar-refractivity contribution in [2.45, 2.75) is 18.7 Å². The maximum Gasteiger partial charge on any atom is 0.323 e. The molecule has 0 aromatic heterocycles. The number of amidine groups is 1. The Kier molecular flexibility index (Phi) is 3.08. The van der Waals surface area contributed by atoms with Crippen LogP contribution in [0, 0.1) is 0 Å². The highest BCUT2D eigenvalue weighted by molar-refractivity contribution is 8.15. The number of benzene rings is 1. The first-order valence-corrected chi connectivity index (χ1v) is 5.83. The highest BCUT2D eigenvalue weighted by atomic mass is 79.9. The number of amides is 1. The molecule has 16 heavy (non-hydrogen) atoms. The van der Waals surface area contributed by atoms with Crippen LogP contribution in [0.5, 0.6) is 0 Å². The zero-order valence-corrected chi connectivity index (χ0v) is 11.1. The molecule has 2 aliphatic rings. The summed E-state index contributed by atoms with van der Waals surface area (Å²) in [6.45, 7) is 2.65. The number of hydrogen-bond acceptors (Lipinski definition) is 2. The summed E-state index contributed by atoms with van der Waals surface area (Å²) in [7, 11) is 0. The summed E-state index contributed by atoms with van der Waals surface area (Å²) in [4.78, 5) is 16.9. The van der Waals surface area contributed by atoms with Crippen molar-refractivity contribution in [3.8, 4) is 0 Å². The first-order chi connectivity index (χ1) is 7.25. The van der Waals surface area contributed by atoms with Crippen LogP contribution in [0.4, 0.5) is 5.69 Å². The number of halogens is 1. The first-order valence-electron chi connectivity index (χ1n) is 4.95. The third-order valence-electron chi connectivity index (χ3n) is 2.73. The molecule has 0 aliphatic carbocycles. The maximum absolute atomic E-state index is 11.8. The molecule has 0 spiro atoms. The van der Waals surface area contributed by atoms with Crippen molar-refractivity contribution in [2.24, 2.45) is 0 Å². The average molecular weight is 299 g/mol. The summed E-state index contributed by atoms with van der Waals surface area (Å²) in [6, 6.07) is 8.11. The first kappa shape index (κ1) is 11.7. The molecule has 0 bridgehead atoms. The minimum absolute atomic E-state index is 0. The molecule has 0 saturated carbocycles. The molecule has 0 radical (unpaired) electrons. The van der Waals surface area contributed by atoms with Crippen molar-refractivity contribution in [1.82, 2.24) is 4.90 Å². The molecule has 1 fully saturated rings. The lowest BCUT2D eigenvalue weighted by Crippen LogP contribution is -3.00. The molecule has 2 heterocycles. The van der Waals surface area contributed by atoms with Crippen molar-refractivity contribution < 1.29 is 26.8 Å². The molecule has 1 N–H and O–H groups in total. The predicted molar refractivity (Wildman–Crippen MR) is 59.7 cm³/mol. The van der Waals surface area contributed by atoms with Crippen LogP contribution < -0.4 is 22.0 Å². The normalized spacial score (nSPS) is 22.1. The second-order valence-electron chi connectivity index (χ2n) is 3.77. The monoisotopic (exact) mass is 298 g/mol. The fourth-order valence-corrected chi connectivity index (χ4v) is 2.93. The second-order valence-corrected chi connectivity index (χ2v) is 5.10. The van der Waals surface area contributed by atoms with Gasteiger partial charge in [0.15, 0.2) is 0 Å². The largest absolute Gasteiger partial charge is 1.00 e. The maximum atomic E-state index is 11.8. The van der Waals surface area contributed by atoms with Crippen molar-refractivity contribution >= 4 is 28.5 Å². The lowest BCUT2D eigenvalue weighted by molar-refractivity contribution is -0.361. The van der Waals surface area contributed by atoms with E-state index in [1.54, 1.807) is 11.8 Å². The molecular formula is C11H11BrN2OS. The van der Waals surface area contributed by atoms with Crippen LogP contribution in [0.3, 0.4) is 0 Å². The zero-order chi connectivity index (χ0) is 10.4. The molecule has 1 aromatic carbocycles. The van der Waals surface area contributed by atoms with E-state index >= 15 is 0 Å². The van der Waals surface area contributed by atoms with E-state index in [-0.39, 0.29) is 28.1 Å². The van der Waals surface area contributed by atoms with Crippen LogP contribution in [0.2, 0.25) is 0 Å². The van der Waals surface area contributed by atoms with Gasteiger partial charge in [-0.05, 0) is 24.8 Å². The average Bonchev–Trinajstić information content (AvgIpc) is 2.52. The summed E-state index contributed by atoms with van der Waals surface area (Å²) in [6.07, 6.45) is 0. The Hall–Kier alpha value is -0.810. The van der Waals surface area contributed by atoms with Crippen molar-refractivity contribution in [3.63, 3.8) is 0 Å². The van der Waals surface area contributed by atoms with Crippen molar-refractivity contribution in [1.29, 1.82) is 0 Å². The molecule has 3 nitrogen and oxygen atoms in total. The van der Waals surface area contributed by atoms with Gasteiger partial charge in [0.25, 0.3) is 0 Å². The quantitative estimate of drug-likeness (QED) is 0.563. The molecule has 84 valence electrons. The van der Waals surface area contributed by atoms with Gasteiger partial charge in [-0.2, -0.15) is 4.90 Å². The molecule has 1 atom stereocenters. The van der Waals surface area contributed by atoms with Crippen molar-refractivity contribution in [2.75, 3.05) is 0 Å². The molecule has 2 aliphatic heterocycles. The lowest BCUT2D eigenvalue weighted by Gasteiger charge is -2.14. The van der Waals surface area contributed by atoms with E-state index in [1.165, 1.54) is 5.56 Å². The van der Waals surface area contributed by atoms with Gasteiger partial charge in [0.1, 0.15) is 17.5 Å². The van der Waals surface area contributed by atoms with Gasteiger partial charge in [-0.3, -0.25) is 0 Å². The van der Waals surface area contributed by atoms with Gasteiger partial charge >= 0.3 is 11.1 Å². The zero-order valence-electron chi connectivity index (χ0n) is 8.74. The topological polar surface area (TPSA) is 34.3 Å². The number of carbonyl (C=O) groups is 1. The standard InChI is InChI=1S/C11H10N2OS.BrH/c1-7-10(14)13-6-8-4-2-3-5-9(8)12-11(13)15-7;/h2-5,7H,6H2,1H3;1H. The number of para-hydroxylation sites is 1. The second kappa shape index (κ2) is 4.22. The summed E-state index contributed by atoms with van der Waals surface area (Å²) in [5.41, 5.74) is 2.31. The third kappa shape index (κ3) is 1.68. The number of nitrogens with zero attached hydrogens (tertiary/aromatic N) is 1. The van der Waals surface area contributed by atoms with E-state index < -0.39 is 0 Å². The number of nitrogens with one attached hydrogen (secondary N) is 1. The number of thioether (sulfide) groups is 1. The van der Waals surface area contributed by atoms with E-state index in [1.807, 2.05) is 30.0 Å². The minimum Gasteiger partial charge on any atom is -1.00 e. The number of fused-ring (bicyclic) bond motifs is 2. The summed E-state index contributed by atoms with van der Waals surface area (Å²) in [5, 5.41) is 1.02. The Labute approximate surface area is 109 Å². The van der Waals surface area contributed by atoms with E-state index in [2.05, 4.69) is 11.1 Å². The Morgan fingerprint density at radius 3 is 3.00 bits per heavy atom. The lowest BCUT2D eigenvalue weighted by atomic mass is 10.1. The number of rotatable bonds is 0. The van der Waals surface area contributed by atoms with E-state index in [9.17, 15) is 4.79 Å². The minimum atomic E-state index is 0. The van der Waals surface area contributed by atoms with Gasteiger partial charge in [-0.25, -0.2) is 9.79 Å². The van der Waals surface area contributed by atoms with Crippen LogP contribution in [0.1, 0.15) is 12.5 Å². The van der Waals surface area contributed by atoms with E-state index in [0.717, 1.165) is 10.9 Å². The SMILES string of the molecule is CC1SC2=[NH+]c3ccccc3CN2C1=O.[Br-]. The van der Waals surface area contributed by atoms with Crippen LogP contribution in [0.25, 0.3) is 0 Å². The van der Waals surface area contributed by atoms with E-state index in [4.69, 9.17) is 0 Å². The third-order valence-corrected chi connectivity index (χ3v) is 3.84. The van der Waals surface area contributed by atoms with Gasteiger partial charge in [-0.1, -0.05) is 18.2 Å². The van der Waals surface area contributed by atoms with Gasteiger partial charge in [0, 0.05) is 5.56 Å². The highest BCUT2D eigenvalue weighted by Gasteiger charge is 2.44. The van der Waals surface area contributed by atoms with Gasteiger partial charge in [-0.15, -0.1) is 0 Å². The summed E-state index contributed by atoms with van der Waals surface area (Å²) in [5.74, 6) is 0.206. The van der Waals surface area contributed by atoms with Gasteiger partial charge in [0.05, 0.1) is 0 Å². The van der Waals surface area contributed by atoms with Crippen LogP contribution >= 0.6 is 11.8 Å². The molecule has 1 aromatic rings. The predicted octanol–water partition coefficient (Wildman–Crippen LogP) is -2.76. The Bertz CT molecular complexity index is 475. The number of carbonyl (C=O) groups excluding carboxylic acids is 1. The van der Waals surface area contributed by atoms with Crippen LogP contribution in [-0.4, -0.2) is 21.2 Å². The molecular weight excluding hydrogens is 288 g/mol. The Morgan fingerprint density at radius 2 is 2.19 bits per heavy atom. The molecule has 3 rings (SSSR count). The van der Waals surface area contributed by atoms with E-state index in [0.29, 0.717) is 6.54 Å². The molecule has 1 saturated heterocycles. The number of hydrogen-bond donors (Lipinski definition) is 1. The van der Waals surface area contributed by atoms with Crippen LogP contribution in [0.15, 0.2) is 24.3 Å².